The van der Waals surface area contributed by atoms with E-state index in [0.29, 0.717) is 6.04 Å². The summed E-state index contributed by atoms with van der Waals surface area (Å²) in [6.07, 6.45) is 6.96. The van der Waals surface area contributed by atoms with Crippen LogP contribution in [-0.4, -0.2) is 48.4 Å². The molecule has 1 aromatic carbocycles. The first-order valence-corrected chi connectivity index (χ1v) is 7.93. The molecule has 1 amide bonds. The molecule has 1 saturated heterocycles. The van der Waals surface area contributed by atoms with Crippen molar-refractivity contribution in [3.63, 3.8) is 0 Å². The number of carbonyl (C=O) groups is 1. The molecule has 1 aromatic rings. The molecule has 0 saturated carbocycles. The number of carbonyl (C=O) groups excluding carboxylic acids is 1. The third-order valence-electron chi connectivity index (χ3n) is 4.21. The number of likely N-dealkylation sites (tertiary alicyclic amines) is 1. The topological polar surface area (TPSA) is 23.6 Å². The van der Waals surface area contributed by atoms with E-state index in [1.807, 2.05) is 48.4 Å². The third kappa shape index (κ3) is 4.71. The van der Waals surface area contributed by atoms with Crippen molar-refractivity contribution >= 4 is 12.0 Å². The molecule has 114 valence electrons. The molecule has 0 N–H and O–H groups in total. The van der Waals surface area contributed by atoms with Crippen LogP contribution in [0, 0.1) is 0 Å². The molecular formula is C18H26N2O. The second-order valence-corrected chi connectivity index (χ2v) is 5.77. The predicted molar refractivity (Wildman–Crippen MR) is 88.0 cm³/mol. The average Bonchev–Trinajstić information content (AvgIpc) is 2.54. The molecule has 0 bridgehead atoms. The molecule has 3 nitrogen and oxygen atoms in total. The fraction of sp³-hybridized carbons (Fsp3) is 0.500. The molecule has 0 atom stereocenters. The number of hydrogen-bond acceptors (Lipinski definition) is 2. The first kappa shape index (κ1) is 15.8. The predicted octanol–water partition coefficient (Wildman–Crippen LogP) is 3.03. The molecule has 0 unspecified atom stereocenters. The minimum absolute atomic E-state index is 0.104. The quantitative estimate of drug-likeness (QED) is 0.777. The van der Waals surface area contributed by atoms with Gasteiger partial charge in [-0.25, -0.2) is 0 Å². The highest BCUT2D eigenvalue weighted by molar-refractivity contribution is 5.91. The number of nitrogens with zero attached hydrogens (tertiary/aromatic N) is 2. The summed E-state index contributed by atoms with van der Waals surface area (Å²) in [7, 11) is 1.93. The molecule has 3 heteroatoms. The molecule has 1 fully saturated rings. The summed E-state index contributed by atoms with van der Waals surface area (Å²) in [6, 6.07) is 10.3. The van der Waals surface area contributed by atoms with Gasteiger partial charge in [-0.15, -0.1) is 0 Å². The number of benzene rings is 1. The number of amides is 1. The largest absolute Gasteiger partial charge is 0.339 e. The van der Waals surface area contributed by atoms with Gasteiger partial charge in [-0.2, -0.15) is 0 Å². The minimum atomic E-state index is 0.104. The van der Waals surface area contributed by atoms with Gasteiger partial charge in [0.2, 0.25) is 5.91 Å². The Balaban J connectivity index is 1.84. The fourth-order valence-corrected chi connectivity index (χ4v) is 2.88. The summed E-state index contributed by atoms with van der Waals surface area (Å²) in [5.74, 6) is 0.104. The lowest BCUT2D eigenvalue weighted by atomic mass is 10.0. The van der Waals surface area contributed by atoms with Crippen molar-refractivity contribution in [2.45, 2.75) is 32.2 Å². The summed E-state index contributed by atoms with van der Waals surface area (Å²) in [6.45, 7) is 5.62. The Morgan fingerprint density at radius 1 is 1.29 bits per heavy atom. The zero-order chi connectivity index (χ0) is 15.1. The fourth-order valence-electron chi connectivity index (χ4n) is 2.88. The second kappa shape index (κ2) is 7.99. The molecule has 1 aliphatic heterocycles. The summed E-state index contributed by atoms with van der Waals surface area (Å²) in [5.41, 5.74) is 1.07. The van der Waals surface area contributed by atoms with Gasteiger partial charge >= 0.3 is 0 Å². The first-order valence-electron chi connectivity index (χ1n) is 7.93. The third-order valence-corrected chi connectivity index (χ3v) is 4.21. The van der Waals surface area contributed by atoms with Gasteiger partial charge < -0.3 is 9.80 Å². The normalized spacial score (nSPS) is 17.2. The monoisotopic (exact) mass is 286 g/mol. The maximum Gasteiger partial charge on any atom is 0.246 e. The maximum atomic E-state index is 12.2. The standard InChI is InChI=1S/C18H26N2O/c1-3-13-20-14-11-17(12-15-20)19(2)18(21)10-9-16-7-5-4-6-8-16/h4-10,17H,3,11-15H2,1-2H3/b10-9+. The molecule has 21 heavy (non-hydrogen) atoms. The van der Waals surface area contributed by atoms with Crippen molar-refractivity contribution in [2.24, 2.45) is 0 Å². The van der Waals surface area contributed by atoms with E-state index in [1.165, 1.54) is 13.0 Å². The Hall–Kier alpha value is -1.61. The van der Waals surface area contributed by atoms with Gasteiger partial charge in [0.15, 0.2) is 0 Å². The van der Waals surface area contributed by atoms with Gasteiger partial charge in [-0.05, 0) is 37.4 Å². The van der Waals surface area contributed by atoms with Crippen LogP contribution in [0.1, 0.15) is 31.7 Å². The van der Waals surface area contributed by atoms with Crippen LogP contribution in [-0.2, 0) is 4.79 Å². The van der Waals surface area contributed by atoms with Crippen LogP contribution in [0.2, 0.25) is 0 Å². The molecule has 0 spiro atoms. The molecule has 1 aliphatic rings. The van der Waals surface area contributed by atoms with Crippen LogP contribution in [0.25, 0.3) is 6.08 Å². The van der Waals surface area contributed by atoms with E-state index < -0.39 is 0 Å². The van der Waals surface area contributed by atoms with Crippen LogP contribution in [0.5, 0.6) is 0 Å². The molecule has 1 heterocycles. The summed E-state index contributed by atoms with van der Waals surface area (Å²) in [5, 5.41) is 0. The number of rotatable bonds is 5. The van der Waals surface area contributed by atoms with E-state index in [9.17, 15) is 4.79 Å². The van der Waals surface area contributed by atoms with Gasteiger partial charge in [0.25, 0.3) is 0 Å². The van der Waals surface area contributed by atoms with Crippen molar-refractivity contribution in [3.05, 3.63) is 42.0 Å². The van der Waals surface area contributed by atoms with Crippen molar-refractivity contribution in [1.29, 1.82) is 0 Å². The number of likely N-dealkylation sites (N-methyl/N-ethyl adjacent to an activating group) is 1. The average molecular weight is 286 g/mol. The maximum absolute atomic E-state index is 12.2. The van der Waals surface area contributed by atoms with E-state index >= 15 is 0 Å². The zero-order valence-electron chi connectivity index (χ0n) is 13.2. The van der Waals surface area contributed by atoms with E-state index in [2.05, 4.69) is 11.8 Å². The Labute approximate surface area is 128 Å². The Bertz CT molecular complexity index is 461. The van der Waals surface area contributed by atoms with Crippen LogP contribution in [0.15, 0.2) is 36.4 Å². The Morgan fingerprint density at radius 2 is 1.95 bits per heavy atom. The lowest BCUT2D eigenvalue weighted by Gasteiger charge is -2.36. The highest BCUT2D eigenvalue weighted by atomic mass is 16.2. The van der Waals surface area contributed by atoms with E-state index in [0.717, 1.165) is 31.5 Å². The Morgan fingerprint density at radius 3 is 2.57 bits per heavy atom. The van der Waals surface area contributed by atoms with Gasteiger partial charge in [-0.3, -0.25) is 4.79 Å². The second-order valence-electron chi connectivity index (χ2n) is 5.77. The van der Waals surface area contributed by atoms with E-state index in [4.69, 9.17) is 0 Å². The van der Waals surface area contributed by atoms with Crippen molar-refractivity contribution in [3.8, 4) is 0 Å². The summed E-state index contributed by atoms with van der Waals surface area (Å²) < 4.78 is 0. The van der Waals surface area contributed by atoms with Gasteiger partial charge in [0.05, 0.1) is 0 Å². The molecule has 0 radical (unpaired) electrons. The smallest absolute Gasteiger partial charge is 0.246 e. The van der Waals surface area contributed by atoms with E-state index in [-0.39, 0.29) is 5.91 Å². The summed E-state index contributed by atoms with van der Waals surface area (Å²) in [4.78, 5) is 16.6. The van der Waals surface area contributed by atoms with Crippen LogP contribution < -0.4 is 0 Å². The van der Waals surface area contributed by atoms with Gasteiger partial charge in [0, 0.05) is 32.3 Å². The van der Waals surface area contributed by atoms with Gasteiger partial charge in [0.1, 0.15) is 0 Å². The van der Waals surface area contributed by atoms with Crippen molar-refractivity contribution < 1.29 is 4.79 Å². The molecular weight excluding hydrogens is 260 g/mol. The Kier molecular flexibility index (Phi) is 6.00. The lowest BCUT2D eigenvalue weighted by molar-refractivity contribution is -0.127. The van der Waals surface area contributed by atoms with Crippen LogP contribution in [0.4, 0.5) is 0 Å². The van der Waals surface area contributed by atoms with E-state index in [1.54, 1.807) is 6.08 Å². The minimum Gasteiger partial charge on any atom is -0.339 e. The lowest BCUT2D eigenvalue weighted by Crippen LogP contribution is -2.45. The highest BCUT2D eigenvalue weighted by Gasteiger charge is 2.23. The number of hydrogen-bond donors (Lipinski definition) is 0. The highest BCUT2D eigenvalue weighted by Crippen LogP contribution is 2.16. The van der Waals surface area contributed by atoms with Crippen molar-refractivity contribution in [2.75, 3.05) is 26.7 Å². The van der Waals surface area contributed by atoms with Crippen LogP contribution >= 0.6 is 0 Å². The first-order chi connectivity index (χ1) is 10.2. The van der Waals surface area contributed by atoms with Crippen molar-refractivity contribution in [1.82, 2.24) is 9.80 Å². The summed E-state index contributed by atoms with van der Waals surface area (Å²) >= 11 is 0. The molecule has 2 rings (SSSR count). The molecule has 0 aromatic heterocycles. The van der Waals surface area contributed by atoms with Gasteiger partial charge in [-0.1, -0.05) is 37.3 Å². The zero-order valence-corrected chi connectivity index (χ0v) is 13.2. The number of piperidine rings is 1. The SMILES string of the molecule is CCCN1CCC(N(C)C(=O)/C=C/c2ccccc2)CC1. The van der Waals surface area contributed by atoms with Crippen LogP contribution in [0.3, 0.4) is 0 Å². The molecule has 0 aliphatic carbocycles.